The third kappa shape index (κ3) is 8.99. The molecule has 0 aliphatic carbocycles. The second-order valence-electron chi connectivity index (χ2n) is 8.56. The summed E-state index contributed by atoms with van der Waals surface area (Å²) in [6, 6.07) is 10.1. The van der Waals surface area contributed by atoms with Gasteiger partial charge in [-0.1, -0.05) is 33.1 Å². The number of pyridine rings is 2. The molecule has 0 aliphatic rings. The number of esters is 1. The Labute approximate surface area is 225 Å². The Balaban J connectivity index is 1.67. The smallest absolute Gasteiger partial charge is 0.306 e. The van der Waals surface area contributed by atoms with E-state index < -0.39 is 11.6 Å². The maximum atomic E-state index is 13.7. The molecule has 0 spiro atoms. The SMILES string of the molecule is CCCCC(CC)COC(=O)CCSc1cnc(Nc2ccc(C#N)cn2)c(Oc2ccc(F)c(F)c2)c1. The van der Waals surface area contributed by atoms with Gasteiger partial charge in [0.05, 0.1) is 18.6 Å². The van der Waals surface area contributed by atoms with Crippen molar-refractivity contribution in [1.29, 1.82) is 5.26 Å². The van der Waals surface area contributed by atoms with Gasteiger partial charge in [0.25, 0.3) is 0 Å². The van der Waals surface area contributed by atoms with Crippen LogP contribution in [0, 0.1) is 28.9 Å². The van der Waals surface area contributed by atoms with E-state index in [0.29, 0.717) is 34.6 Å². The van der Waals surface area contributed by atoms with Gasteiger partial charge in [0.2, 0.25) is 0 Å². The summed E-state index contributed by atoms with van der Waals surface area (Å²) < 4.78 is 38.4. The van der Waals surface area contributed by atoms with Crippen LogP contribution >= 0.6 is 11.8 Å². The van der Waals surface area contributed by atoms with Gasteiger partial charge in [0.15, 0.2) is 23.2 Å². The summed E-state index contributed by atoms with van der Waals surface area (Å²) in [5.41, 5.74) is 0.401. The average Bonchev–Trinajstić information content (AvgIpc) is 2.92. The van der Waals surface area contributed by atoms with Crippen molar-refractivity contribution in [3.63, 3.8) is 0 Å². The molecular weight excluding hydrogens is 510 g/mol. The molecule has 0 amide bonds. The molecule has 1 N–H and O–H groups in total. The van der Waals surface area contributed by atoms with Gasteiger partial charge in [-0.15, -0.1) is 11.8 Å². The number of nitrogens with one attached hydrogen (secondary N) is 1. The lowest BCUT2D eigenvalue weighted by Gasteiger charge is -2.15. The van der Waals surface area contributed by atoms with Gasteiger partial charge in [-0.05, 0) is 42.7 Å². The lowest BCUT2D eigenvalue weighted by Crippen LogP contribution is -2.14. The number of nitrogens with zero attached hydrogens (tertiary/aromatic N) is 3. The molecule has 2 aromatic heterocycles. The van der Waals surface area contributed by atoms with Crippen LogP contribution in [-0.4, -0.2) is 28.3 Å². The zero-order valence-electron chi connectivity index (χ0n) is 21.4. The van der Waals surface area contributed by atoms with Crippen molar-refractivity contribution < 1.29 is 23.0 Å². The topological polar surface area (TPSA) is 97.1 Å². The molecule has 1 unspecified atom stereocenters. The Morgan fingerprint density at radius 1 is 1.13 bits per heavy atom. The molecule has 2 heterocycles. The molecule has 3 rings (SSSR count). The number of unbranched alkanes of at least 4 members (excludes halogenated alkanes) is 1. The fraction of sp³-hybridized carbons (Fsp3) is 0.357. The van der Waals surface area contributed by atoms with Crippen LogP contribution in [0.15, 0.2) is 53.7 Å². The Hall–Kier alpha value is -3.71. The molecule has 0 saturated carbocycles. The zero-order valence-corrected chi connectivity index (χ0v) is 22.2. The molecule has 7 nitrogen and oxygen atoms in total. The second-order valence-corrected chi connectivity index (χ2v) is 9.73. The number of carbonyl (C=O) groups excluding carboxylic acids is 1. The highest BCUT2D eigenvalue weighted by molar-refractivity contribution is 7.99. The third-order valence-electron chi connectivity index (χ3n) is 5.68. The number of rotatable bonds is 14. The van der Waals surface area contributed by atoms with Crippen LogP contribution in [-0.2, 0) is 9.53 Å². The van der Waals surface area contributed by atoms with E-state index in [9.17, 15) is 13.6 Å². The van der Waals surface area contributed by atoms with Gasteiger partial charge in [-0.3, -0.25) is 4.79 Å². The summed E-state index contributed by atoms with van der Waals surface area (Å²) in [5, 5.41) is 12.0. The van der Waals surface area contributed by atoms with Crippen LogP contribution in [0.2, 0.25) is 0 Å². The van der Waals surface area contributed by atoms with E-state index in [1.807, 2.05) is 6.07 Å². The van der Waals surface area contributed by atoms with Crippen LogP contribution in [0.3, 0.4) is 0 Å². The summed E-state index contributed by atoms with van der Waals surface area (Å²) >= 11 is 1.40. The molecule has 1 aromatic carbocycles. The maximum Gasteiger partial charge on any atom is 0.306 e. The van der Waals surface area contributed by atoms with Crippen molar-refractivity contribution in [2.45, 2.75) is 50.8 Å². The fourth-order valence-corrected chi connectivity index (χ4v) is 4.26. The summed E-state index contributed by atoms with van der Waals surface area (Å²) in [5.74, 6) is -0.378. The molecule has 10 heteroatoms. The van der Waals surface area contributed by atoms with Gasteiger partial charge < -0.3 is 14.8 Å². The summed E-state index contributed by atoms with van der Waals surface area (Å²) in [6.45, 7) is 4.69. The first-order chi connectivity index (χ1) is 18.4. The number of ether oxygens (including phenoxy) is 2. The molecule has 38 heavy (non-hydrogen) atoms. The van der Waals surface area contributed by atoms with Gasteiger partial charge in [-0.25, -0.2) is 18.7 Å². The number of hydrogen-bond donors (Lipinski definition) is 1. The lowest BCUT2D eigenvalue weighted by atomic mass is 10.0. The van der Waals surface area contributed by atoms with E-state index >= 15 is 0 Å². The largest absolute Gasteiger partial charge is 0.465 e. The normalized spacial score (nSPS) is 11.4. The quantitative estimate of drug-likeness (QED) is 0.167. The van der Waals surface area contributed by atoms with Gasteiger partial charge in [0.1, 0.15) is 17.6 Å². The monoisotopic (exact) mass is 540 g/mol. The van der Waals surface area contributed by atoms with Crippen LogP contribution in [0.5, 0.6) is 11.5 Å². The molecule has 0 radical (unpaired) electrons. The minimum Gasteiger partial charge on any atom is -0.465 e. The predicted octanol–water partition coefficient (Wildman–Crippen LogP) is 7.40. The minimum atomic E-state index is -1.04. The molecule has 1 atom stereocenters. The molecular formula is C28H30F2N4O3S. The predicted molar refractivity (Wildman–Crippen MR) is 143 cm³/mol. The van der Waals surface area contributed by atoms with Crippen molar-refractivity contribution in [1.82, 2.24) is 9.97 Å². The van der Waals surface area contributed by atoms with E-state index in [-0.39, 0.29) is 29.7 Å². The standard InChI is InChI=1S/C28H30F2N4O3S/c1-3-5-6-19(4-2)18-36-27(35)11-12-38-22-14-25(37-21-8-9-23(29)24(30)13-21)28(33-17-22)34-26-10-7-20(15-31)16-32-26/h7-10,13-14,16-17,19H,3-6,11-12,18H2,1-2H3,(H,32,33,34). The Morgan fingerprint density at radius 3 is 2.66 bits per heavy atom. The average molecular weight is 541 g/mol. The van der Waals surface area contributed by atoms with E-state index in [1.165, 1.54) is 24.0 Å². The summed E-state index contributed by atoms with van der Waals surface area (Å²) in [6.07, 6.45) is 7.54. The Morgan fingerprint density at radius 2 is 1.97 bits per heavy atom. The summed E-state index contributed by atoms with van der Waals surface area (Å²) in [7, 11) is 0. The number of carbonyl (C=O) groups is 1. The van der Waals surface area contributed by atoms with Gasteiger partial charge in [-0.2, -0.15) is 5.26 Å². The Bertz CT molecular complexity index is 1250. The van der Waals surface area contributed by atoms with E-state index in [2.05, 4.69) is 29.1 Å². The fourth-order valence-electron chi connectivity index (χ4n) is 3.43. The number of nitriles is 1. The first-order valence-corrected chi connectivity index (χ1v) is 13.4. The number of thioether (sulfide) groups is 1. The number of halogens is 2. The van der Waals surface area contributed by atoms with E-state index in [0.717, 1.165) is 37.8 Å². The van der Waals surface area contributed by atoms with Gasteiger partial charge in [0, 0.05) is 29.1 Å². The highest BCUT2D eigenvalue weighted by Crippen LogP contribution is 2.34. The third-order valence-corrected chi connectivity index (χ3v) is 6.65. The minimum absolute atomic E-state index is 0.0841. The number of anilines is 2. The van der Waals surface area contributed by atoms with E-state index in [4.69, 9.17) is 14.7 Å². The zero-order chi connectivity index (χ0) is 27.3. The number of aromatic nitrogens is 2. The molecule has 0 bridgehead atoms. The first-order valence-electron chi connectivity index (χ1n) is 12.5. The molecule has 0 saturated heterocycles. The van der Waals surface area contributed by atoms with Crippen molar-refractivity contribution in [3.05, 3.63) is 66.0 Å². The highest BCUT2D eigenvalue weighted by atomic mass is 32.2. The Kier molecular flexibility index (Phi) is 11.3. The van der Waals surface area contributed by atoms with Crippen LogP contribution in [0.25, 0.3) is 0 Å². The van der Waals surface area contributed by atoms with Crippen LogP contribution in [0.1, 0.15) is 51.5 Å². The molecule has 3 aromatic rings. The maximum absolute atomic E-state index is 13.7. The second kappa shape index (κ2) is 14.9. The van der Waals surface area contributed by atoms with Gasteiger partial charge >= 0.3 is 5.97 Å². The first kappa shape index (κ1) is 28.9. The number of hydrogen-bond acceptors (Lipinski definition) is 8. The lowest BCUT2D eigenvalue weighted by molar-refractivity contribution is -0.144. The van der Waals surface area contributed by atoms with Crippen molar-refractivity contribution in [3.8, 4) is 17.6 Å². The van der Waals surface area contributed by atoms with Crippen molar-refractivity contribution in [2.24, 2.45) is 5.92 Å². The van der Waals surface area contributed by atoms with Crippen molar-refractivity contribution >= 4 is 29.4 Å². The van der Waals surface area contributed by atoms with Crippen LogP contribution in [0.4, 0.5) is 20.4 Å². The van der Waals surface area contributed by atoms with Crippen LogP contribution < -0.4 is 10.1 Å². The summed E-state index contributed by atoms with van der Waals surface area (Å²) in [4.78, 5) is 21.5. The molecule has 0 aliphatic heterocycles. The van der Waals surface area contributed by atoms with Crippen molar-refractivity contribution in [2.75, 3.05) is 17.7 Å². The van der Waals surface area contributed by atoms with E-state index in [1.54, 1.807) is 24.4 Å². The number of benzene rings is 1. The highest BCUT2D eigenvalue weighted by Gasteiger charge is 2.14. The molecule has 0 fully saturated rings. The molecule has 200 valence electrons.